The van der Waals surface area contributed by atoms with Gasteiger partial charge in [0.1, 0.15) is 0 Å². The Morgan fingerprint density at radius 2 is 2.13 bits per heavy atom. The van der Waals surface area contributed by atoms with Gasteiger partial charge in [0, 0.05) is 5.69 Å². The van der Waals surface area contributed by atoms with Gasteiger partial charge in [-0.2, -0.15) is 0 Å². The molecule has 0 aliphatic rings. The predicted octanol–water partition coefficient (Wildman–Crippen LogP) is -0.191. The number of hydrogen-bond acceptors (Lipinski definition) is 5. The second-order valence-electron chi connectivity index (χ2n) is 2.81. The van der Waals surface area contributed by atoms with E-state index < -0.39 is 11.9 Å². The molecule has 0 aliphatic carbocycles. The zero-order valence-electron chi connectivity index (χ0n) is 8.15. The van der Waals surface area contributed by atoms with Gasteiger partial charge in [-0.15, -0.1) is 0 Å². The highest BCUT2D eigenvalue weighted by molar-refractivity contribution is 5.97. The maximum atomic E-state index is 11.3. The molecule has 0 heterocycles. The van der Waals surface area contributed by atoms with E-state index in [2.05, 4.69) is 0 Å². The van der Waals surface area contributed by atoms with Crippen LogP contribution in [-0.4, -0.2) is 18.5 Å². The fourth-order valence-corrected chi connectivity index (χ4v) is 1.08. The molecule has 0 bridgehead atoms. The molecule has 0 atom stereocenters. The van der Waals surface area contributed by atoms with Gasteiger partial charge >= 0.3 is 5.97 Å². The lowest BCUT2D eigenvalue weighted by Gasteiger charge is -2.07. The van der Waals surface area contributed by atoms with Crippen LogP contribution in [0.25, 0.3) is 0 Å². The average molecular weight is 208 g/mol. The third kappa shape index (κ3) is 2.46. The first kappa shape index (κ1) is 11.0. The van der Waals surface area contributed by atoms with Crippen molar-refractivity contribution < 1.29 is 19.4 Å². The molecule has 0 saturated carbocycles. The molecular weight excluding hydrogens is 198 g/mol. The summed E-state index contributed by atoms with van der Waals surface area (Å²) >= 11 is 0. The Balaban J connectivity index is 3.03. The Kier molecular flexibility index (Phi) is 3.28. The molecule has 1 aromatic carbocycles. The number of nitrogen functional groups attached to an aromatic ring is 1. The number of esters is 1. The normalized spacial score (nSPS) is 9.67. The van der Waals surface area contributed by atoms with Crippen LogP contribution in [0.4, 0.5) is 5.69 Å². The SMILES string of the molecule is CCOC(=O)c1ccc(C(=O)[O-])cc1N. The van der Waals surface area contributed by atoms with E-state index in [0.29, 0.717) is 0 Å². The second-order valence-corrected chi connectivity index (χ2v) is 2.81. The van der Waals surface area contributed by atoms with Crippen molar-refractivity contribution >= 4 is 17.6 Å². The highest BCUT2D eigenvalue weighted by atomic mass is 16.5. The lowest BCUT2D eigenvalue weighted by molar-refractivity contribution is -0.255. The molecule has 0 amide bonds. The van der Waals surface area contributed by atoms with Gasteiger partial charge in [0.2, 0.25) is 0 Å². The number of carbonyl (C=O) groups excluding carboxylic acids is 2. The lowest BCUT2D eigenvalue weighted by atomic mass is 10.1. The first-order chi connectivity index (χ1) is 7.06. The van der Waals surface area contributed by atoms with Gasteiger partial charge in [0.15, 0.2) is 0 Å². The zero-order chi connectivity index (χ0) is 11.4. The van der Waals surface area contributed by atoms with Gasteiger partial charge in [0.05, 0.1) is 18.1 Å². The number of carboxylic acid groups (broad SMARTS) is 1. The molecule has 0 aromatic heterocycles. The van der Waals surface area contributed by atoms with Crippen LogP contribution < -0.4 is 10.8 Å². The van der Waals surface area contributed by atoms with Crippen molar-refractivity contribution in [3.63, 3.8) is 0 Å². The molecule has 0 aliphatic heterocycles. The largest absolute Gasteiger partial charge is 0.545 e. The van der Waals surface area contributed by atoms with E-state index in [-0.39, 0.29) is 23.4 Å². The Bertz CT molecular complexity index is 400. The number of anilines is 1. The molecule has 5 heteroatoms. The first-order valence-corrected chi connectivity index (χ1v) is 4.34. The highest BCUT2D eigenvalue weighted by Gasteiger charge is 2.10. The standard InChI is InChI=1S/C10H11NO4/c1-2-15-10(14)7-4-3-6(9(12)13)5-8(7)11/h3-5H,2,11H2,1H3,(H,12,13)/p-1. The van der Waals surface area contributed by atoms with Gasteiger partial charge in [-0.25, -0.2) is 4.79 Å². The number of nitrogens with two attached hydrogens (primary N) is 1. The van der Waals surface area contributed by atoms with Crippen LogP contribution in [0.3, 0.4) is 0 Å². The van der Waals surface area contributed by atoms with Crippen LogP contribution in [0.1, 0.15) is 27.6 Å². The summed E-state index contributed by atoms with van der Waals surface area (Å²) in [6, 6.07) is 3.72. The van der Waals surface area contributed by atoms with Crippen molar-refractivity contribution in [3.8, 4) is 0 Å². The van der Waals surface area contributed by atoms with Crippen molar-refractivity contribution in [1.29, 1.82) is 0 Å². The molecule has 15 heavy (non-hydrogen) atoms. The Hall–Kier alpha value is -2.04. The quantitative estimate of drug-likeness (QED) is 0.549. The Labute approximate surface area is 86.5 Å². The number of carboxylic acids is 1. The molecule has 0 radical (unpaired) electrons. The summed E-state index contributed by atoms with van der Waals surface area (Å²) in [6.07, 6.45) is 0. The topological polar surface area (TPSA) is 92.5 Å². The number of rotatable bonds is 3. The maximum Gasteiger partial charge on any atom is 0.340 e. The van der Waals surface area contributed by atoms with Gasteiger partial charge < -0.3 is 20.4 Å². The van der Waals surface area contributed by atoms with Crippen LogP contribution >= 0.6 is 0 Å². The van der Waals surface area contributed by atoms with Gasteiger partial charge in [-0.05, 0) is 24.6 Å². The van der Waals surface area contributed by atoms with Crippen molar-refractivity contribution in [2.75, 3.05) is 12.3 Å². The minimum atomic E-state index is -1.34. The molecule has 5 nitrogen and oxygen atoms in total. The van der Waals surface area contributed by atoms with E-state index >= 15 is 0 Å². The Morgan fingerprint density at radius 1 is 1.47 bits per heavy atom. The van der Waals surface area contributed by atoms with E-state index in [1.807, 2.05) is 0 Å². The summed E-state index contributed by atoms with van der Waals surface area (Å²) in [5.41, 5.74) is 5.65. The summed E-state index contributed by atoms with van der Waals surface area (Å²) in [6.45, 7) is 1.91. The fourth-order valence-electron chi connectivity index (χ4n) is 1.08. The average Bonchev–Trinajstić information content (AvgIpc) is 2.17. The van der Waals surface area contributed by atoms with Crippen molar-refractivity contribution in [2.45, 2.75) is 6.92 Å². The van der Waals surface area contributed by atoms with E-state index in [1.165, 1.54) is 18.2 Å². The minimum Gasteiger partial charge on any atom is -0.545 e. The summed E-state index contributed by atoms with van der Waals surface area (Å²) in [5, 5.41) is 10.5. The smallest absolute Gasteiger partial charge is 0.340 e. The number of ether oxygens (including phenoxy) is 1. The van der Waals surface area contributed by atoms with Crippen LogP contribution in [0.2, 0.25) is 0 Å². The van der Waals surface area contributed by atoms with Crippen LogP contribution in [-0.2, 0) is 4.74 Å². The fraction of sp³-hybridized carbons (Fsp3) is 0.200. The van der Waals surface area contributed by atoms with Gasteiger partial charge in [0.25, 0.3) is 0 Å². The van der Waals surface area contributed by atoms with E-state index in [4.69, 9.17) is 10.5 Å². The summed E-state index contributed by atoms with van der Waals surface area (Å²) in [5.74, 6) is -1.91. The number of aromatic carboxylic acids is 1. The number of hydrogen-bond donors (Lipinski definition) is 1. The van der Waals surface area contributed by atoms with E-state index in [9.17, 15) is 14.7 Å². The third-order valence-corrected chi connectivity index (χ3v) is 1.78. The van der Waals surface area contributed by atoms with Gasteiger partial charge in [-0.3, -0.25) is 0 Å². The molecule has 0 fully saturated rings. The summed E-state index contributed by atoms with van der Waals surface area (Å²) in [7, 11) is 0. The molecule has 1 rings (SSSR count). The zero-order valence-corrected chi connectivity index (χ0v) is 8.15. The van der Waals surface area contributed by atoms with E-state index in [1.54, 1.807) is 6.92 Å². The molecule has 0 unspecified atom stereocenters. The van der Waals surface area contributed by atoms with Crippen LogP contribution in [0, 0.1) is 0 Å². The molecule has 0 saturated heterocycles. The summed E-state index contributed by atoms with van der Waals surface area (Å²) < 4.78 is 4.73. The molecule has 2 N–H and O–H groups in total. The highest BCUT2D eigenvalue weighted by Crippen LogP contribution is 2.15. The van der Waals surface area contributed by atoms with Crippen LogP contribution in [0.5, 0.6) is 0 Å². The number of carbonyl (C=O) groups is 2. The first-order valence-electron chi connectivity index (χ1n) is 4.34. The lowest BCUT2D eigenvalue weighted by Crippen LogP contribution is -2.22. The van der Waals surface area contributed by atoms with Gasteiger partial charge in [-0.1, -0.05) is 6.07 Å². The Morgan fingerprint density at radius 3 is 2.60 bits per heavy atom. The summed E-state index contributed by atoms with van der Waals surface area (Å²) in [4.78, 5) is 21.8. The third-order valence-electron chi connectivity index (χ3n) is 1.78. The molecular formula is C10H10NO4-. The van der Waals surface area contributed by atoms with Crippen molar-refractivity contribution in [2.24, 2.45) is 0 Å². The van der Waals surface area contributed by atoms with Crippen molar-refractivity contribution in [1.82, 2.24) is 0 Å². The minimum absolute atomic E-state index is 0.0650. The molecule has 80 valence electrons. The van der Waals surface area contributed by atoms with Crippen LogP contribution in [0.15, 0.2) is 18.2 Å². The second kappa shape index (κ2) is 4.45. The monoisotopic (exact) mass is 208 g/mol. The maximum absolute atomic E-state index is 11.3. The predicted molar refractivity (Wildman–Crippen MR) is 51.1 cm³/mol. The number of benzene rings is 1. The van der Waals surface area contributed by atoms with E-state index in [0.717, 1.165) is 0 Å². The molecule has 0 spiro atoms. The molecule has 1 aromatic rings. The van der Waals surface area contributed by atoms with Crippen molar-refractivity contribution in [3.05, 3.63) is 29.3 Å².